The molecule has 1 saturated heterocycles. The predicted octanol–water partition coefficient (Wildman–Crippen LogP) is 2.54. The Kier molecular flexibility index (Phi) is 6.64. The van der Waals surface area contributed by atoms with Crippen LogP contribution >= 0.6 is 0 Å². The minimum Gasteiger partial charge on any atom is -0.481 e. The van der Waals surface area contributed by atoms with Crippen LogP contribution in [0.15, 0.2) is 48.8 Å². The van der Waals surface area contributed by atoms with Gasteiger partial charge < -0.3 is 10.5 Å². The van der Waals surface area contributed by atoms with Gasteiger partial charge >= 0.3 is 5.91 Å². The van der Waals surface area contributed by atoms with Crippen LogP contribution < -0.4 is 15.0 Å². The molecule has 0 radical (unpaired) electrons. The maximum atomic E-state index is 14.9. The van der Waals surface area contributed by atoms with Gasteiger partial charge in [0.25, 0.3) is 5.91 Å². The molecule has 3 atom stereocenters. The van der Waals surface area contributed by atoms with Crippen molar-refractivity contribution in [3.8, 4) is 17.0 Å². The standard InChI is InChI=1S/C27H26FN7O4/c1-15(36)26-20-9-17(18-11-30-16(2)31-12-18)7-8-21(20)34(33-26)13-25(37)35(14-19(28)10-22(35)27(29)38)23-5-4-6-24(32-23)39-3/h4-9,11-12,19,22H,10,13-14H2,1-3H3,(H-,29,38)/p+1/t19-,22+,35?/m1/s1. The van der Waals surface area contributed by atoms with E-state index in [4.69, 9.17) is 10.5 Å². The molecule has 0 saturated carbocycles. The molecule has 39 heavy (non-hydrogen) atoms. The second-order valence-corrected chi connectivity index (χ2v) is 9.55. The largest absolute Gasteiger partial charge is 0.481 e. The number of aryl methyl sites for hydroxylation is 1. The monoisotopic (exact) mass is 532 g/mol. The number of nitrogens with two attached hydrogens (primary N) is 1. The number of primary amides is 1. The Morgan fingerprint density at radius 3 is 2.56 bits per heavy atom. The number of nitrogens with zero attached hydrogens (tertiary/aromatic N) is 6. The summed E-state index contributed by atoms with van der Waals surface area (Å²) in [5.41, 5.74) is 7.90. The summed E-state index contributed by atoms with van der Waals surface area (Å²) in [4.78, 5) is 52.0. The lowest BCUT2D eigenvalue weighted by Gasteiger charge is -2.34. The first kappa shape index (κ1) is 26.0. The lowest BCUT2D eigenvalue weighted by atomic mass is 10.0. The van der Waals surface area contributed by atoms with E-state index < -0.39 is 28.5 Å². The highest BCUT2D eigenvalue weighted by atomic mass is 19.1. The third-order valence-corrected chi connectivity index (χ3v) is 7.08. The average molecular weight is 533 g/mol. The predicted molar refractivity (Wildman–Crippen MR) is 140 cm³/mol. The summed E-state index contributed by atoms with van der Waals surface area (Å²) in [6, 6.07) is 8.94. The van der Waals surface area contributed by atoms with Crippen molar-refractivity contribution < 1.29 is 23.5 Å². The molecule has 200 valence electrons. The van der Waals surface area contributed by atoms with Gasteiger partial charge in [-0.1, -0.05) is 6.07 Å². The minimum absolute atomic E-state index is 0.146. The zero-order valence-corrected chi connectivity index (χ0v) is 21.7. The number of hydrogen-bond acceptors (Lipinski definition) is 8. The molecular weight excluding hydrogens is 505 g/mol. The number of Topliss-reactive ketones (excluding diaryl/α,β-unsaturated/α-hetero) is 1. The summed E-state index contributed by atoms with van der Waals surface area (Å²) in [5.74, 6) is -0.665. The molecule has 1 aliphatic rings. The third-order valence-electron chi connectivity index (χ3n) is 7.08. The zero-order valence-electron chi connectivity index (χ0n) is 21.7. The number of rotatable bonds is 7. The summed E-state index contributed by atoms with van der Waals surface area (Å²) in [5, 5.41) is 4.98. The van der Waals surface area contributed by atoms with Gasteiger partial charge in [-0.3, -0.25) is 14.3 Å². The van der Waals surface area contributed by atoms with Crippen LogP contribution in [0.25, 0.3) is 22.0 Å². The molecule has 1 fully saturated rings. The van der Waals surface area contributed by atoms with E-state index in [2.05, 4.69) is 20.1 Å². The number of hydrogen-bond donors (Lipinski definition) is 1. The van der Waals surface area contributed by atoms with Crippen LogP contribution in [0.1, 0.15) is 29.7 Å². The lowest BCUT2D eigenvalue weighted by Crippen LogP contribution is -2.63. The number of benzene rings is 1. The zero-order chi connectivity index (χ0) is 27.9. The Morgan fingerprint density at radius 2 is 1.90 bits per heavy atom. The Balaban J connectivity index is 1.61. The molecule has 1 unspecified atom stereocenters. The van der Waals surface area contributed by atoms with Crippen LogP contribution in [0.5, 0.6) is 5.88 Å². The number of aromatic nitrogens is 5. The van der Waals surface area contributed by atoms with Crippen LogP contribution in [0, 0.1) is 6.92 Å². The van der Waals surface area contributed by atoms with Gasteiger partial charge in [0.15, 0.2) is 24.5 Å². The van der Waals surface area contributed by atoms with Gasteiger partial charge in [-0.2, -0.15) is 14.6 Å². The van der Waals surface area contributed by atoms with E-state index in [0.717, 1.165) is 11.1 Å². The fraction of sp³-hybridized carbons (Fsp3) is 0.296. The van der Waals surface area contributed by atoms with Crippen molar-refractivity contribution in [2.45, 2.75) is 39.0 Å². The highest BCUT2D eigenvalue weighted by molar-refractivity contribution is 6.06. The molecule has 1 aliphatic heterocycles. The van der Waals surface area contributed by atoms with Crippen LogP contribution in [-0.4, -0.2) is 68.2 Å². The second kappa shape index (κ2) is 9.95. The number of quaternary nitrogens is 1. The minimum atomic E-state index is -1.46. The van der Waals surface area contributed by atoms with Crippen LogP contribution in [0.2, 0.25) is 0 Å². The number of amides is 2. The van der Waals surface area contributed by atoms with Gasteiger partial charge in [-0.25, -0.2) is 19.2 Å². The van der Waals surface area contributed by atoms with Crippen LogP contribution in [0.3, 0.4) is 0 Å². The fourth-order valence-electron chi connectivity index (χ4n) is 5.20. The number of carbonyl (C=O) groups excluding carboxylic acids is 3. The summed E-state index contributed by atoms with van der Waals surface area (Å²) in [6.07, 6.45) is 1.69. The molecule has 11 nitrogen and oxygen atoms in total. The Morgan fingerprint density at radius 1 is 1.15 bits per heavy atom. The van der Waals surface area contributed by atoms with Gasteiger partial charge in [-0.15, -0.1) is 0 Å². The first-order chi connectivity index (χ1) is 18.6. The van der Waals surface area contributed by atoms with Crippen molar-refractivity contribution in [1.29, 1.82) is 0 Å². The van der Waals surface area contributed by atoms with E-state index in [1.807, 2.05) is 6.07 Å². The van der Waals surface area contributed by atoms with E-state index in [1.165, 1.54) is 18.7 Å². The van der Waals surface area contributed by atoms with Crippen molar-refractivity contribution in [3.63, 3.8) is 0 Å². The summed E-state index contributed by atoms with van der Waals surface area (Å²) in [7, 11) is 1.42. The number of fused-ring (bicyclic) bond motifs is 1. The molecule has 5 rings (SSSR count). The normalized spacial score (nSPS) is 20.7. The molecule has 2 amide bonds. The van der Waals surface area contributed by atoms with Crippen molar-refractivity contribution in [3.05, 3.63) is 60.3 Å². The molecule has 12 heteroatoms. The topological polar surface area (TPSA) is 143 Å². The number of methoxy groups -OCH3 is 1. The van der Waals surface area contributed by atoms with Crippen molar-refractivity contribution in [1.82, 2.24) is 29.2 Å². The second-order valence-electron chi connectivity index (χ2n) is 9.55. The van der Waals surface area contributed by atoms with Gasteiger partial charge in [-0.05, 0) is 30.7 Å². The van der Waals surface area contributed by atoms with E-state index in [1.54, 1.807) is 49.6 Å². The Hall–Kier alpha value is -4.58. The van der Waals surface area contributed by atoms with Crippen LogP contribution in [0.4, 0.5) is 10.2 Å². The number of ketones is 1. The molecule has 0 spiro atoms. The Bertz CT molecular complexity index is 1600. The number of halogens is 1. The van der Waals surface area contributed by atoms with E-state index in [-0.39, 0.29) is 42.7 Å². The maximum absolute atomic E-state index is 14.9. The van der Waals surface area contributed by atoms with E-state index >= 15 is 0 Å². The molecule has 3 aromatic heterocycles. The smallest absolute Gasteiger partial charge is 0.342 e. The molecule has 0 bridgehead atoms. The summed E-state index contributed by atoms with van der Waals surface area (Å²) in [6.45, 7) is 2.50. The number of likely N-dealkylation sites (tertiary alicyclic amines) is 1. The molecular formula is C27H27FN7O4+. The summed E-state index contributed by atoms with van der Waals surface area (Å²) >= 11 is 0. The maximum Gasteiger partial charge on any atom is 0.342 e. The fourth-order valence-corrected chi connectivity index (χ4v) is 5.20. The molecule has 2 N–H and O–H groups in total. The van der Waals surface area contributed by atoms with Gasteiger partial charge in [0, 0.05) is 48.8 Å². The first-order valence-corrected chi connectivity index (χ1v) is 12.3. The quantitative estimate of drug-likeness (QED) is 0.283. The molecule has 4 heterocycles. The number of pyridine rings is 1. The Labute approximate surface area is 223 Å². The van der Waals surface area contributed by atoms with Crippen LogP contribution in [-0.2, 0) is 16.1 Å². The van der Waals surface area contributed by atoms with E-state index in [9.17, 15) is 18.8 Å². The number of alkyl halides is 1. The van der Waals surface area contributed by atoms with Crippen molar-refractivity contribution >= 4 is 34.3 Å². The highest BCUT2D eigenvalue weighted by Crippen LogP contribution is 2.37. The lowest BCUT2D eigenvalue weighted by molar-refractivity contribution is -0.137. The average Bonchev–Trinajstić information content (AvgIpc) is 3.47. The third kappa shape index (κ3) is 4.52. The molecule has 1 aromatic carbocycles. The van der Waals surface area contributed by atoms with Crippen molar-refractivity contribution in [2.75, 3.05) is 13.7 Å². The van der Waals surface area contributed by atoms with E-state index in [0.29, 0.717) is 16.7 Å². The highest BCUT2D eigenvalue weighted by Gasteiger charge is 2.58. The first-order valence-electron chi connectivity index (χ1n) is 12.3. The van der Waals surface area contributed by atoms with Gasteiger partial charge in [0.05, 0.1) is 12.6 Å². The summed E-state index contributed by atoms with van der Waals surface area (Å²) < 4.78 is 20.8. The number of carbonyl (C=O) groups is 3. The van der Waals surface area contributed by atoms with Gasteiger partial charge in [0.2, 0.25) is 11.7 Å². The molecule has 4 aromatic rings. The number of ether oxygens (including phenoxy) is 1. The van der Waals surface area contributed by atoms with Gasteiger partial charge in [0.1, 0.15) is 18.1 Å². The van der Waals surface area contributed by atoms with Crippen molar-refractivity contribution in [2.24, 2.45) is 5.73 Å². The molecule has 0 aliphatic carbocycles. The SMILES string of the molecule is COc1cccc([N+]2(C(=O)Cn3nc(C(C)=O)c4cc(-c5cnc(C)nc5)ccc43)C[C@H](F)C[C@H]2C(N)=O)n1.